The first-order valence-electron chi connectivity index (χ1n) is 7.48. The maximum atomic E-state index is 11.5. The maximum Gasteiger partial charge on any atom is 0.134 e. The number of ketones is 1. The van der Waals surface area contributed by atoms with Crippen molar-refractivity contribution in [2.75, 3.05) is 0 Å². The molecule has 0 aromatic heterocycles. The average Bonchev–Trinajstić information content (AvgIpc) is 2.32. The first kappa shape index (κ1) is 16.6. The number of unbranched alkanes of at least 4 members (excludes halogenated alkanes) is 7. The second kappa shape index (κ2) is 12.1. The number of Topliss-reactive ketones (excluding diaryl/α,β-unsaturated/α-hetero) is 1. The van der Waals surface area contributed by atoms with E-state index in [-0.39, 0.29) is 6.04 Å². The lowest BCUT2D eigenvalue weighted by molar-refractivity contribution is -0.119. The zero-order valence-electron chi connectivity index (χ0n) is 11.8. The molecule has 2 N–H and O–H groups in total. The van der Waals surface area contributed by atoms with Gasteiger partial charge in [-0.25, -0.2) is 0 Å². The molecule has 17 heavy (non-hydrogen) atoms. The number of rotatable bonds is 12. The van der Waals surface area contributed by atoms with Gasteiger partial charge in [0.2, 0.25) is 0 Å². The standard InChI is InChI=1S/C15H31NO/c1-3-5-6-7-8-9-10-11-12-15(17)13-14(16)4-2/h14H,3-13,16H2,1-2H3. The van der Waals surface area contributed by atoms with Crippen LogP contribution in [-0.2, 0) is 4.79 Å². The highest BCUT2D eigenvalue weighted by atomic mass is 16.1. The van der Waals surface area contributed by atoms with E-state index in [4.69, 9.17) is 5.73 Å². The van der Waals surface area contributed by atoms with Gasteiger partial charge in [-0.1, -0.05) is 58.8 Å². The van der Waals surface area contributed by atoms with Gasteiger partial charge in [0.1, 0.15) is 5.78 Å². The Kier molecular flexibility index (Phi) is 11.8. The average molecular weight is 241 g/mol. The molecule has 2 nitrogen and oxygen atoms in total. The summed E-state index contributed by atoms with van der Waals surface area (Å²) >= 11 is 0. The number of carbonyl (C=O) groups excluding carboxylic acids is 1. The first-order valence-corrected chi connectivity index (χ1v) is 7.48. The third kappa shape index (κ3) is 11.9. The van der Waals surface area contributed by atoms with Gasteiger partial charge in [0.15, 0.2) is 0 Å². The summed E-state index contributed by atoms with van der Waals surface area (Å²) in [6, 6.07) is 0.0801. The Morgan fingerprint density at radius 3 is 2.00 bits per heavy atom. The van der Waals surface area contributed by atoms with Crippen LogP contribution in [0, 0.1) is 0 Å². The molecule has 0 spiro atoms. The van der Waals surface area contributed by atoms with Crippen LogP contribution >= 0.6 is 0 Å². The van der Waals surface area contributed by atoms with Crippen LogP contribution in [0.25, 0.3) is 0 Å². The van der Waals surface area contributed by atoms with Gasteiger partial charge in [-0.3, -0.25) is 4.79 Å². The fourth-order valence-corrected chi connectivity index (χ4v) is 1.99. The van der Waals surface area contributed by atoms with Gasteiger partial charge in [-0.15, -0.1) is 0 Å². The van der Waals surface area contributed by atoms with E-state index >= 15 is 0 Å². The molecule has 1 atom stereocenters. The molecule has 0 rings (SSSR count). The molecule has 0 saturated heterocycles. The minimum atomic E-state index is 0.0801. The summed E-state index contributed by atoms with van der Waals surface area (Å²) in [6.45, 7) is 4.28. The molecule has 0 aliphatic rings. The van der Waals surface area contributed by atoms with Crippen LogP contribution in [0.2, 0.25) is 0 Å². The largest absolute Gasteiger partial charge is 0.327 e. The Labute approximate surface area is 107 Å². The summed E-state index contributed by atoms with van der Waals surface area (Å²) in [5.74, 6) is 0.352. The van der Waals surface area contributed by atoms with E-state index < -0.39 is 0 Å². The number of carbonyl (C=O) groups is 1. The number of hydrogen-bond donors (Lipinski definition) is 1. The summed E-state index contributed by atoms with van der Waals surface area (Å²) in [7, 11) is 0. The molecule has 0 fully saturated rings. The van der Waals surface area contributed by atoms with Crippen LogP contribution in [0.15, 0.2) is 0 Å². The molecule has 0 amide bonds. The Morgan fingerprint density at radius 1 is 0.941 bits per heavy atom. The molecule has 0 aromatic carbocycles. The van der Waals surface area contributed by atoms with Crippen LogP contribution in [-0.4, -0.2) is 11.8 Å². The predicted molar refractivity (Wildman–Crippen MR) is 75.1 cm³/mol. The van der Waals surface area contributed by atoms with Gasteiger partial charge in [0, 0.05) is 18.9 Å². The fraction of sp³-hybridized carbons (Fsp3) is 0.933. The molecule has 0 radical (unpaired) electrons. The lowest BCUT2D eigenvalue weighted by Gasteiger charge is -2.07. The van der Waals surface area contributed by atoms with E-state index in [1.165, 1.54) is 44.9 Å². The molecular weight excluding hydrogens is 210 g/mol. The van der Waals surface area contributed by atoms with Gasteiger partial charge < -0.3 is 5.73 Å². The van der Waals surface area contributed by atoms with Crippen LogP contribution in [0.1, 0.15) is 84.5 Å². The van der Waals surface area contributed by atoms with Crippen LogP contribution < -0.4 is 5.73 Å². The van der Waals surface area contributed by atoms with Crippen molar-refractivity contribution in [1.82, 2.24) is 0 Å². The van der Waals surface area contributed by atoms with E-state index in [1.54, 1.807) is 0 Å². The highest BCUT2D eigenvalue weighted by Gasteiger charge is 2.06. The third-order valence-electron chi connectivity index (χ3n) is 3.32. The van der Waals surface area contributed by atoms with Crippen molar-refractivity contribution >= 4 is 5.78 Å². The second-order valence-electron chi connectivity index (χ2n) is 5.14. The highest BCUT2D eigenvalue weighted by Crippen LogP contribution is 2.10. The molecular formula is C15H31NO. The fourth-order valence-electron chi connectivity index (χ4n) is 1.99. The summed E-state index contributed by atoms with van der Waals surface area (Å²) in [6.07, 6.45) is 12.5. The van der Waals surface area contributed by atoms with E-state index in [2.05, 4.69) is 6.92 Å². The molecule has 0 saturated carbocycles. The zero-order valence-corrected chi connectivity index (χ0v) is 11.8. The molecule has 0 heterocycles. The summed E-state index contributed by atoms with van der Waals surface area (Å²) < 4.78 is 0. The Bertz CT molecular complexity index is 180. The van der Waals surface area contributed by atoms with Crippen molar-refractivity contribution < 1.29 is 4.79 Å². The van der Waals surface area contributed by atoms with Crippen LogP contribution in [0.3, 0.4) is 0 Å². The topological polar surface area (TPSA) is 43.1 Å². The SMILES string of the molecule is CCCCCCCCCCC(=O)CC(N)CC. The molecule has 102 valence electrons. The van der Waals surface area contributed by atoms with Crippen molar-refractivity contribution in [1.29, 1.82) is 0 Å². The normalized spacial score (nSPS) is 12.6. The molecule has 1 unspecified atom stereocenters. The molecule has 0 aliphatic heterocycles. The summed E-state index contributed by atoms with van der Waals surface area (Å²) in [4.78, 5) is 11.5. The van der Waals surface area contributed by atoms with E-state index in [0.717, 1.165) is 19.3 Å². The Hall–Kier alpha value is -0.370. The summed E-state index contributed by atoms with van der Waals surface area (Å²) in [5.41, 5.74) is 5.75. The number of nitrogens with two attached hydrogens (primary N) is 1. The van der Waals surface area contributed by atoms with E-state index in [1.807, 2.05) is 6.92 Å². The van der Waals surface area contributed by atoms with Gasteiger partial charge in [0.05, 0.1) is 0 Å². The van der Waals surface area contributed by atoms with Gasteiger partial charge in [0.25, 0.3) is 0 Å². The van der Waals surface area contributed by atoms with Crippen molar-refractivity contribution in [3.63, 3.8) is 0 Å². The minimum Gasteiger partial charge on any atom is -0.327 e. The first-order chi connectivity index (χ1) is 8.20. The minimum absolute atomic E-state index is 0.0801. The van der Waals surface area contributed by atoms with E-state index in [9.17, 15) is 4.79 Å². The Morgan fingerprint density at radius 2 is 1.47 bits per heavy atom. The van der Waals surface area contributed by atoms with Gasteiger partial charge in [-0.05, 0) is 12.8 Å². The third-order valence-corrected chi connectivity index (χ3v) is 3.32. The maximum absolute atomic E-state index is 11.5. The lowest BCUT2D eigenvalue weighted by Crippen LogP contribution is -2.22. The highest BCUT2D eigenvalue weighted by molar-refractivity contribution is 5.78. The zero-order chi connectivity index (χ0) is 12.9. The van der Waals surface area contributed by atoms with Crippen LogP contribution in [0.4, 0.5) is 0 Å². The van der Waals surface area contributed by atoms with Crippen LogP contribution in [0.5, 0.6) is 0 Å². The second-order valence-corrected chi connectivity index (χ2v) is 5.14. The van der Waals surface area contributed by atoms with Crippen molar-refractivity contribution in [2.24, 2.45) is 5.73 Å². The van der Waals surface area contributed by atoms with Gasteiger partial charge in [-0.2, -0.15) is 0 Å². The smallest absolute Gasteiger partial charge is 0.134 e. The van der Waals surface area contributed by atoms with Gasteiger partial charge >= 0.3 is 0 Å². The summed E-state index contributed by atoms with van der Waals surface area (Å²) in [5, 5.41) is 0. The molecule has 0 bridgehead atoms. The molecule has 0 aromatic rings. The van der Waals surface area contributed by atoms with Crippen molar-refractivity contribution in [3.8, 4) is 0 Å². The van der Waals surface area contributed by atoms with Crippen molar-refractivity contribution in [2.45, 2.75) is 90.5 Å². The number of hydrogen-bond acceptors (Lipinski definition) is 2. The van der Waals surface area contributed by atoms with E-state index in [0.29, 0.717) is 12.2 Å². The lowest BCUT2D eigenvalue weighted by atomic mass is 10.0. The Balaban J connectivity index is 3.19. The quantitative estimate of drug-likeness (QED) is 0.520. The molecule has 2 heteroatoms. The van der Waals surface area contributed by atoms with Crippen molar-refractivity contribution in [3.05, 3.63) is 0 Å². The monoisotopic (exact) mass is 241 g/mol. The molecule has 0 aliphatic carbocycles. The predicted octanol–water partition coefficient (Wildman–Crippen LogP) is 4.21.